The van der Waals surface area contributed by atoms with Gasteiger partial charge in [-0.2, -0.15) is 13.2 Å². The Morgan fingerprint density at radius 2 is 1.84 bits per heavy atom. The van der Waals surface area contributed by atoms with E-state index >= 15 is 0 Å². The van der Waals surface area contributed by atoms with Crippen LogP contribution in [0.1, 0.15) is 44.3 Å². The van der Waals surface area contributed by atoms with Crippen molar-refractivity contribution in [2.75, 3.05) is 26.0 Å². The molecule has 0 spiro atoms. The number of anilines is 1. The first-order chi connectivity index (χ1) is 11.8. The number of thiophene rings is 1. The van der Waals surface area contributed by atoms with Crippen molar-refractivity contribution in [3.63, 3.8) is 0 Å². The molecule has 8 heteroatoms. The first-order valence-electron chi connectivity index (χ1n) is 8.56. The molecular formula is C17H23F3N4S. The van der Waals surface area contributed by atoms with E-state index in [-0.39, 0.29) is 11.4 Å². The van der Waals surface area contributed by atoms with Crippen LogP contribution < -0.4 is 5.32 Å². The molecule has 0 unspecified atom stereocenters. The third-order valence-corrected chi connectivity index (χ3v) is 6.04. The zero-order valence-electron chi connectivity index (χ0n) is 14.5. The van der Waals surface area contributed by atoms with Gasteiger partial charge in [0.25, 0.3) is 0 Å². The van der Waals surface area contributed by atoms with Crippen LogP contribution in [0.5, 0.6) is 0 Å². The molecule has 1 fully saturated rings. The van der Waals surface area contributed by atoms with Gasteiger partial charge in [-0.25, -0.2) is 9.97 Å². The molecular weight excluding hydrogens is 349 g/mol. The second kappa shape index (κ2) is 7.07. The molecule has 0 atom stereocenters. The summed E-state index contributed by atoms with van der Waals surface area (Å²) in [7, 11) is 4.10. The Bertz CT molecular complexity index is 718. The van der Waals surface area contributed by atoms with E-state index in [0.29, 0.717) is 16.8 Å². The molecule has 0 radical (unpaired) electrons. The summed E-state index contributed by atoms with van der Waals surface area (Å²) in [4.78, 5) is 9.65. The third-order valence-electron chi connectivity index (χ3n) is 5.12. The minimum Gasteiger partial charge on any atom is -0.367 e. The van der Waals surface area contributed by atoms with Gasteiger partial charge in [-0.15, -0.1) is 11.3 Å². The predicted molar refractivity (Wildman–Crippen MR) is 95.0 cm³/mol. The molecule has 2 heterocycles. The summed E-state index contributed by atoms with van der Waals surface area (Å²) in [5, 5.41) is 4.97. The molecule has 2 aromatic rings. The molecule has 0 saturated heterocycles. The fraction of sp³-hybridized carbons (Fsp3) is 0.647. The fourth-order valence-corrected chi connectivity index (χ4v) is 4.32. The van der Waals surface area contributed by atoms with E-state index in [0.717, 1.165) is 25.7 Å². The molecule has 0 aromatic carbocycles. The second-order valence-electron chi connectivity index (χ2n) is 6.92. The average molecular weight is 372 g/mol. The lowest BCUT2D eigenvalue weighted by atomic mass is 9.88. The first-order valence-corrected chi connectivity index (χ1v) is 9.44. The summed E-state index contributed by atoms with van der Waals surface area (Å²) in [5.41, 5.74) is 0.290. The van der Waals surface area contributed by atoms with Crippen LogP contribution in [0.15, 0.2) is 11.4 Å². The molecule has 2 aromatic heterocycles. The van der Waals surface area contributed by atoms with Crippen LogP contribution >= 0.6 is 11.3 Å². The van der Waals surface area contributed by atoms with Gasteiger partial charge in [-0.1, -0.05) is 25.7 Å². The lowest BCUT2D eigenvalue weighted by Crippen LogP contribution is -2.49. The number of nitrogens with zero attached hydrogens (tertiary/aromatic N) is 3. The van der Waals surface area contributed by atoms with Crippen LogP contribution in [0.3, 0.4) is 0 Å². The summed E-state index contributed by atoms with van der Waals surface area (Å²) in [6.45, 7) is 0.585. The van der Waals surface area contributed by atoms with Gasteiger partial charge in [-0.3, -0.25) is 0 Å². The van der Waals surface area contributed by atoms with Gasteiger partial charge in [-0.05, 0) is 38.4 Å². The number of fused-ring (bicyclic) bond motifs is 1. The van der Waals surface area contributed by atoms with Crippen LogP contribution in [0, 0.1) is 0 Å². The van der Waals surface area contributed by atoms with Gasteiger partial charge in [0.15, 0.2) is 0 Å². The van der Waals surface area contributed by atoms with Crippen molar-refractivity contribution >= 4 is 27.4 Å². The summed E-state index contributed by atoms with van der Waals surface area (Å²) in [6.07, 6.45) is 2.26. The van der Waals surface area contributed by atoms with E-state index in [2.05, 4.69) is 34.3 Å². The van der Waals surface area contributed by atoms with Crippen molar-refractivity contribution in [1.29, 1.82) is 0 Å². The summed E-state index contributed by atoms with van der Waals surface area (Å²) >= 11 is 1.36. The lowest BCUT2D eigenvalue weighted by Gasteiger charge is -2.40. The standard InChI is InChI=1S/C17H23F3N4S/c1-24(2)16(8-5-3-4-6-9-16)11-21-14-13-12(7-10-25-13)22-15(23-14)17(18,19)20/h7,10H,3-6,8-9,11H2,1-2H3,(H,21,22,23). The van der Waals surface area contributed by atoms with E-state index in [9.17, 15) is 13.2 Å². The largest absolute Gasteiger partial charge is 0.451 e. The molecule has 3 rings (SSSR count). The van der Waals surface area contributed by atoms with E-state index in [1.165, 1.54) is 24.2 Å². The Hall–Kier alpha value is -1.41. The highest BCUT2D eigenvalue weighted by Crippen LogP contribution is 2.35. The Balaban J connectivity index is 1.90. The molecule has 1 N–H and O–H groups in total. The highest BCUT2D eigenvalue weighted by atomic mass is 32.1. The predicted octanol–water partition coefficient (Wildman–Crippen LogP) is 4.78. The van der Waals surface area contributed by atoms with Gasteiger partial charge >= 0.3 is 6.18 Å². The number of hydrogen-bond acceptors (Lipinski definition) is 5. The van der Waals surface area contributed by atoms with Gasteiger partial charge in [0, 0.05) is 12.1 Å². The fourth-order valence-electron chi connectivity index (χ4n) is 3.53. The van der Waals surface area contributed by atoms with Gasteiger partial charge in [0.2, 0.25) is 5.82 Å². The number of halogens is 3. The summed E-state index contributed by atoms with van der Waals surface area (Å²) in [5.74, 6) is -0.793. The number of hydrogen-bond donors (Lipinski definition) is 1. The number of likely N-dealkylation sites (N-methyl/N-ethyl adjacent to an activating group) is 1. The number of rotatable bonds is 4. The van der Waals surface area contributed by atoms with Gasteiger partial charge in [0.05, 0.1) is 10.2 Å². The van der Waals surface area contributed by atoms with E-state index in [1.54, 1.807) is 11.4 Å². The van der Waals surface area contributed by atoms with Crippen LogP contribution in [-0.2, 0) is 6.18 Å². The number of aromatic nitrogens is 2. The molecule has 4 nitrogen and oxygen atoms in total. The Labute approximate surface area is 149 Å². The maximum absolute atomic E-state index is 13.1. The molecule has 1 saturated carbocycles. The van der Waals surface area contributed by atoms with E-state index in [4.69, 9.17) is 0 Å². The van der Waals surface area contributed by atoms with E-state index < -0.39 is 12.0 Å². The van der Waals surface area contributed by atoms with Crippen LogP contribution in [0.25, 0.3) is 10.2 Å². The summed E-state index contributed by atoms with van der Waals surface area (Å²) in [6, 6.07) is 1.61. The number of alkyl halides is 3. The van der Waals surface area contributed by atoms with E-state index in [1.807, 2.05) is 0 Å². The molecule has 0 bridgehead atoms. The molecule has 0 aliphatic heterocycles. The zero-order valence-corrected chi connectivity index (χ0v) is 15.3. The van der Waals surface area contributed by atoms with Gasteiger partial charge < -0.3 is 10.2 Å². The van der Waals surface area contributed by atoms with Crippen molar-refractivity contribution in [1.82, 2.24) is 14.9 Å². The molecule has 0 amide bonds. The van der Waals surface area contributed by atoms with Crippen LogP contribution in [0.2, 0.25) is 0 Å². The highest BCUT2D eigenvalue weighted by Gasteiger charge is 2.37. The molecule has 1 aliphatic rings. The topological polar surface area (TPSA) is 41.0 Å². The molecule has 1 aliphatic carbocycles. The Kier molecular flexibility index (Phi) is 5.20. The summed E-state index contributed by atoms with van der Waals surface area (Å²) < 4.78 is 40.0. The third kappa shape index (κ3) is 3.89. The minimum absolute atomic E-state index is 0.0522. The monoisotopic (exact) mass is 372 g/mol. The SMILES string of the molecule is CN(C)C1(CNc2nc(C(F)(F)F)nc3ccsc23)CCCCCC1. The average Bonchev–Trinajstić information content (AvgIpc) is 2.89. The Morgan fingerprint density at radius 1 is 1.16 bits per heavy atom. The second-order valence-corrected chi connectivity index (χ2v) is 7.83. The smallest absolute Gasteiger partial charge is 0.367 e. The number of nitrogens with one attached hydrogen (secondary N) is 1. The van der Waals surface area contributed by atoms with Gasteiger partial charge in [0.1, 0.15) is 5.82 Å². The molecule has 25 heavy (non-hydrogen) atoms. The van der Waals surface area contributed by atoms with Crippen LogP contribution in [0.4, 0.5) is 19.0 Å². The Morgan fingerprint density at radius 3 is 2.44 bits per heavy atom. The maximum atomic E-state index is 13.1. The highest BCUT2D eigenvalue weighted by molar-refractivity contribution is 7.17. The van der Waals surface area contributed by atoms with Crippen molar-refractivity contribution in [3.8, 4) is 0 Å². The minimum atomic E-state index is -4.55. The molecule has 138 valence electrons. The van der Waals surface area contributed by atoms with Crippen molar-refractivity contribution in [2.45, 2.75) is 50.2 Å². The van der Waals surface area contributed by atoms with Crippen molar-refractivity contribution in [2.24, 2.45) is 0 Å². The normalized spacial score (nSPS) is 18.5. The zero-order chi connectivity index (χ0) is 18.1. The maximum Gasteiger partial charge on any atom is 0.451 e. The van der Waals surface area contributed by atoms with Crippen LogP contribution in [-0.4, -0.2) is 41.0 Å². The quantitative estimate of drug-likeness (QED) is 0.785. The van der Waals surface area contributed by atoms with Crippen molar-refractivity contribution in [3.05, 3.63) is 17.3 Å². The first kappa shape index (κ1) is 18.4. The lowest BCUT2D eigenvalue weighted by molar-refractivity contribution is -0.144. The van der Waals surface area contributed by atoms with Crippen molar-refractivity contribution < 1.29 is 13.2 Å².